The van der Waals surface area contributed by atoms with Crippen LogP contribution < -0.4 is 5.32 Å². The molecule has 0 spiro atoms. The number of rotatable bonds is 5. The van der Waals surface area contributed by atoms with Gasteiger partial charge in [0.2, 0.25) is 5.91 Å². The highest BCUT2D eigenvalue weighted by atomic mass is 16.1. The van der Waals surface area contributed by atoms with Gasteiger partial charge in [0.15, 0.2) is 0 Å². The van der Waals surface area contributed by atoms with Crippen molar-refractivity contribution in [3.8, 4) is 0 Å². The Bertz CT molecular complexity index is 829. The first-order valence-electron chi connectivity index (χ1n) is 7.91. The second-order valence-electron chi connectivity index (χ2n) is 6.12. The van der Waals surface area contributed by atoms with Gasteiger partial charge >= 0.3 is 0 Å². The number of benzene rings is 1. The molecule has 2 heterocycles. The smallest absolute Gasteiger partial charge is 0.224 e. The maximum Gasteiger partial charge on any atom is 0.224 e. The van der Waals surface area contributed by atoms with Gasteiger partial charge < -0.3 is 9.88 Å². The quantitative estimate of drug-likeness (QED) is 0.784. The van der Waals surface area contributed by atoms with E-state index in [1.807, 2.05) is 13.1 Å². The van der Waals surface area contributed by atoms with Gasteiger partial charge in [-0.3, -0.25) is 9.48 Å². The average Bonchev–Trinajstić information content (AvgIpc) is 3.09. The Hall–Kier alpha value is -2.56. The van der Waals surface area contributed by atoms with Gasteiger partial charge in [-0.2, -0.15) is 5.10 Å². The Balaban J connectivity index is 1.73. The third-order valence-corrected chi connectivity index (χ3v) is 3.99. The second kappa shape index (κ2) is 6.28. The summed E-state index contributed by atoms with van der Waals surface area (Å²) in [7, 11) is 1.83. The van der Waals surface area contributed by atoms with Crippen LogP contribution in [0.1, 0.15) is 31.9 Å². The van der Waals surface area contributed by atoms with Crippen molar-refractivity contribution in [3.63, 3.8) is 0 Å². The van der Waals surface area contributed by atoms with E-state index in [9.17, 15) is 4.79 Å². The molecule has 3 aromatic rings. The summed E-state index contributed by atoms with van der Waals surface area (Å²) in [6.07, 6.45) is 6.81. The van der Waals surface area contributed by atoms with Gasteiger partial charge in [0.1, 0.15) is 0 Å². The van der Waals surface area contributed by atoms with Crippen molar-refractivity contribution in [3.05, 3.63) is 48.4 Å². The number of para-hydroxylation sites is 1. The van der Waals surface area contributed by atoms with Crippen molar-refractivity contribution in [2.75, 3.05) is 5.32 Å². The largest absolute Gasteiger partial charge is 0.345 e. The molecular formula is C18H22N4O. The number of nitrogens with one attached hydrogen (secondary N) is 1. The zero-order chi connectivity index (χ0) is 16.4. The lowest BCUT2D eigenvalue weighted by Gasteiger charge is -2.08. The maximum absolute atomic E-state index is 12.1. The Labute approximate surface area is 135 Å². The van der Waals surface area contributed by atoms with E-state index in [4.69, 9.17) is 0 Å². The molecule has 0 fully saturated rings. The van der Waals surface area contributed by atoms with Crippen LogP contribution in [0.25, 0.3) is 10.9 Å². The number of carbonyl (C=O) groups excluding carboxylic acids is 1. The Morgan fingerprint density at radius 2 is 2.04 bits per heavy atom. The average molecular weight is 310 g/mol. The first-order chi connectivity index (χ1) is 11.0. The van der Waals surface area contributed by atoms with Gasteiger partial charge in [-0.1, -0.05) is 18.2 Å². The second-order valence-corrected chi connectivity index (χ2v) is 6.12. The van der Waals surface area contributed by atoms with Crippen LogP contribution >= 0.6 is 0 Å². The molecule has 1 amide bonds. The zero-order valence-corrected chi connectivity index (χ0v) is 13.8. The third-order valence-electron chi connectivity index (χ3n) is 3.99. The Morgan fingerprint density at radius 1 is 1.26 bits per heavy atom. The third kappa shape index (κ3) is 3.28. The zero-order valence-electron chi connectivity index (χ0n) is 13.8. The normalized spacial score (nSPS) is 11.3. The minimum absolute atomic E-state index is 0.0133. The molecule has 0 bridgehead atoms. The van der Waals surface area contributed by atoms with E-state index < -0.39 is 0 Å². The van der Waals surface area contributed by atoms with Gasteiger partial charge in [-0.05, 0) is 31.9 Å². The molecule has 0 aliphatic rings. The molecule has 5 heteroatoms. The molecular weight excluding hydrogens is 288 g/mol. The molecule has 0 saturated carbocycles. The highest BCUT2D eigenvalue weighted by Crippen LogP contribution is 2.25. The topological polar surface area (TPSA) is 51.9 Å². The van der Waals surface area contributed by atoms with Gasteiger partial charge in [-0.15, -0.1) is 0 Å². The van der Waals surface area contributed by atoms with Crippen molar-refractivity contribution in [2.24, 2.45) is 7.05 Å². The first-order valence-corrected chi connectivity index (χ1v) is 7.91. The van der Waals surface area contributed by atoms with Crippen LogP contribution in [0.2, 0.25) is 0 Å². The Morgan fingerprint density at radius 3 is 2.74 bits per heavy atom. The van der Waals surface area contributed by atoms with Crippen molar-refractivity contribution in [1.82, 2.24) is 14.3 Å². The van der Waals surface area contributed by atoms with Crippen LogP contribution in [-0.2, 0) is 18.3 Å². The summed E-state index contributed by atoms with van der Waals surface area (Å²) < 4.78 is 3.94. The Kier molecular flexibility index (Phi) is 4.19. The number of amides is 1. The monoisotopic (exact) mass is 310 g/mol. The van der Waals surface area contributed by atoms with E-state index in [-0.39, 0.29) is 5.91 Å². The van der Waals surface area contributed by atoms with E-state index in [2.05, 4.69) is 53.2 Å². The van der Waals surface area contributed by atoms with Crippen LogP contribution in [0.4, 0.5) is 5.69 Å². The first kappa shape index (κ1) is 15.3. The minimum atomic E-state index is 0.0133. The summed E-state index contributed by atoms with van der Waals surface area (Å²) in [5, 5.41) is 8.16. The number of carbonyl (C=O) groups is 1. The van der Waals surface area contributed by atoms with Gasteiger partial charge in [-0.25, -0.2) is 0 Å². The highest BCUT2D eigenvalue weighted by Gasteiger charge is 2.12. The van der Waals surface area contributed by atoms with E-state index in [0.29, 0.717) is 12.5 Å². The fraction of sp³-hybridized carbons (Fsp3) is 0.333. The minimum Gasteiger partial charge on any atom is -0.345 e. The lowest BCUT2D eigenvalue weighted by atomic mass is 10.1. The molecule has 1 N–H and O–H groups in total. The molecule has 5 nitrogen and oxygen atoms in total. The molecule has 120 valence electrons. The number of aromatic nitrogens is 3. The lowest BCUT2D eigenvalue weighted by Crippen LogP contribution is -2.11. The lowest BCUT2D eigenvalue weighted by molar-refractivity contribution is -0.116. The number of hydrogen-bond acceptors (Lipinski definition) is 2. The van der Waals surface area contributed by atoms with E-state index in [1.54, 1.807) is 17.1 Å². The summed E-state index contributed by atoms with van der Waals surface area (Å²) in [6.45, 7) is 4.34. The number of anilines is 1. The van der Waals surface area contributed by atoms with Crippen LogP contribution in [0.3, 0.4) is 0 Å². The summed E-state index contributed by atoms with van der Waals surface area (Å²) >= 11 is 0. The molecule has 1 aromatic carbocycles. The van der Waals surface area contributed by atoms with Gasteiger partial charge in [0.05, 0.1) is 11.9 Å². The van der Waals surface area contributed by atoms with Crippen molar-refractivity contribution < 1.29 is 4.79 Å². The van der Waals surface area contributed by atoms with E-state index >= 15 is 0 Å². The molecule has 0 unspecified atom stereocenters. The number of hydrogen-bond donors (Lipinski definition) is 1. The molecule has 2 aromatic heterocycles. The molecule has 0 saturated heterocycles. The standard InChI is InChI=1S/C18H22N4O/c1-13(2)22-11-14(16-6-4-5-7-17(16)22)8-9-18(23)20-15-10-19-21(3)12-15/h4-7,10-13H,8-9H2,1-3H3,(H,20,23). The number of nitrogens with zero attached hydrogens (tertiary/aromatic N) is 3. The fourth-order valence-corrected chi connectivity index (χ4v) is 2.86. The summed E-state index contributed by atoms with van der Waals surface area (Å²) in [6, 6.07) is 8.77. The molecule has 23 heavy (non-hydrogen) atoms. The molecule has 0 atom stereocenters. The number of fused-ring (bicyclic) bond motifs is 1. The van der Waals surface area contributed by atoms with Crippen LogP contribution in [0.15, 0.2) is 42.9 Å². The predicted octanol–water partition coefficient (Wildman–Crippen LogP) is 3.53. The summed E-state index contributed by atoms with van der Waals surface area (Å²) in [5.74, 6) is 0.0133. The SMILES string of the molecule is CC(C)n1cc(CCC(=O)Nc2cnn(C)c2)c2ccccc21. The van der Waals surface area contributed by atoms with E-state index in [0.717, 1.165) is 12.1 Å². The molecule has 0 aliphatic heterocycles. The van der Waals surface area contributed by atoms with Crippen LogP contribution in [-0.4, -0.2) is 20.3 Å². The summed E-state index contributed by atoms with van der Waals surface area (Å²) in [4.78, 5) is 12.1. The van der Waals surface area contributed by atoms with Gasteiger partial charge in [0.25, 0.3) is 0 Å². The number of aryl methyl sites for hydroxylation is 2. The highest BCUT2D eigenvalue weighted by molar-refractivity contribution is 5.91. The van der Waals surface area contributed by atoms with Gasteiger partial charge in [0, 0.05) is 42.8 Å². The van der Waals surface area contributed by atoms with E-state index in [1.165, 1.54) is 16.5 Å². The molecule has 0 radical (unpaired) electrons. The molecule has 3 rings (SSSR count). The van der Waals surface area contributed by atoms with Crippen LogP contribution in [0.5, 0.6) is 0 Å². The van der Waals surface area contributed by atoms with Crippen molar-refractivity contribution in [1.29, 1.82) is 0 Å². The van der Waals surface area contributed by atoms with Crippen molar-refractivity contribution in [2.45, 2.75) is 32.7 Å². The van der Waals surface area contributed by atoms with Crippen LogP contribution in [0, 0.1) is 0 Å². The maximum atomic E-state index is 12.1. The summed E-state index contributed by atoms with van der Waals surface area (Å²) in [5.41, 5.74) is 3.18. The molecule has 0 aliphatic carbocycles. The van der Waals surface area contributed by atoms with Crippen molar-refractivity contribution >= 4 is 22.5 Å². The predicted molar refractivity (Wildman–Crippen MR) is 92.5 cm³/mol. The fourth-order valence-electron chi connectivity index (χ4n) is 2.86.